The van der Waals surface area contributed by atoms with Crippen LogP contribution in [0.2, 0.25) is 0 Å². The van der Waals surface area contributed by atoms with Gasteiger partial charge < -0.3 is 14.4 Å². The third-order valence-electron chi connectivity index (χ3n) is 4.54. The van der Waals surface area contributed by atoms with Crippen LogP contribution in [0.4, 0.5) is 4.39 Å². The van der Waals surface area contributed by atoms with E-state index in [4.69, 9.17) is 4.74 Å². The van der Waals surface area contributed by atoms with Crippen molar-refractivity contribution in [3.8, 4) is 0 Å². The summed E-state index contributed by atoms with van der Waals surface area (Å²) in [7, 11) is 0. The molecule has 1 atom stereocenters. The number of aryl methyl sites for hydroxylation is 1. The number of aromatic nitrogens is 2. The fraction of sp³-hybridized carbons (Fsp3) is 0.500. The average Bonchev–Trinajstić information content (AvgIpc) is 2.83. The Labute approximate surface area is 141 Å². The van der Waals surface area contributed by atoms with E-state index in [1.54, 1.807) is 18.2 Å². The van der Waals surface area contributed by atoms with Crippen molar-refractivity contribution in [1.82, 2.24) is 14.5 Å². The van der Waals surface area contributed by atoms with Crippen LogP contribution in [-0.2, 0) is 24.4 Å². The Kier molecular flexibility index (Phi) is 5.28. The van der Waals surface area contributed by atoms with Gasteiger partial charge in [0.2, 0.25) is 0 Å². The van der Waals surface area contributed by atoms with E-state index >= 15 is 0 Å². The molecule has 6 heteroatoms. The summed E-state index contributed by atoms with van der Waals surface area (Å²) in [5.74, 6) is 0.774. The van der Waals surface area contributed by atoms with Crippen molar-refractivity contribution in [2.24, 2.45) is 0 Å². The molecule has 0 radical (unpaired) electrons. The molecule has 130 valence electrons. The van der Waals surface area contributed by atoms with E-state index in [0.717, 1.165) is 31.2 Å². The van der Waals surface area contributed by atoms with Crippen LogP contribution in [0.5, 0.6) is 0 Å². The summed E-state index contributed by atoms with van der Waals surface area (Å²) in [6.45, 7) is 7.52. The van der Waals surface area contributed by atoms with Crippen LogP contribution in [0, 0.1) is 19.7 Å². The molecule has 0 amide bonds. The molecule has 0 aliphatic carbocycles. The summed E-state index contributed by atoms with van der Waals surface area (Å²) >= 11 is 0. The number of hydrogen-bond donors (Lipinski definition) is 1. The van der Waals surface area contributed by atoms with Crippen LogP contribution >= 0.6 is 0 Å². The monoisotopic (exact) mass is 333 g/mol. The minimum absolute atomic E-state index is 0.173. The van der Waals surface area contributed by atoms with Gasteiger partial charge in [-0.1, -0.05) is 18.2 Å². The van der Waals surface area contributed by atoms with Gasteiger partial charge in [-0.25, -0.2) is 9.37 Å². The zero-order chi connectivity index (χ0) is 17.1. The van der Waals surface area contributed by atoms with E-state index in [1.165, 1.54) is 11.8 Å². The van der Waals surface area contributed by atoms with Gasteiger partial charge >= 0.3 is 0 Å². The molecule has 0 saturated carbocycles. The Morgan fingerprint density at radius 2 is 2.08 bits per heavy atom. The number of β-amino-alcohol motifs (C(OH)–C–C–N with tert-alkyl or cyclic N) is 1. The summed E-state index contributed by atoms with van der Waals surface area (Å²) in [4.78, 5) is 6.77. The number of halogens is 1. The smallest absolute Gasteiger partial charge is 0.128 e. The SMILES string of the molecule is Cc1nc2n(c1C)CCN(C[C@H](O)COCc1ccccc1F)C2. The summed E-state index contributed by atoms with van der Waals surface area (Å²) in [5, 5.41) is 10.2. The van der Waals surface area contributed by atoms with E-state index in [2.05, 4.69) is 21.4 Å². The van der Waals surface area contributed by atoms with Crippen molar-refractivity contribution in [3.63, 3.8) is 0 Å². The molecular formula is C18H24FN3O2. The molecule has 3 rings (SSSR count). The lowest BCUT2D eigenvalue weighted by molar-refractivity contribution is 0.00466. The summed E-state index contributed by atoms with van der Waals surface area (Å²) in [6.07, 6.45) is -0.597. The molecule has 1 aromatic carbocycles. The zero-order valence-electron chi connectivity index (χ0n) is 14.2. The van der Waals surface area contributed by atoms with Crippen LogP contribution in [-0.4, -0.2) is 45.4 Å². The Morgan fingerprint density at radius 3 is 2.88 bits per heavy atom. The van der Waals surface area contributed by atoms with Gasteiger partial charge in [0.25, 0.3) is 0 Å². The summed E-state index contributed by atoms with van der Waals surface area (Å²) in [6, 6.07) is 6.53. The number of imidazole rings is 1. The van der Waals surface area contributed by atoms with Crippen molar-refractivity contribution < 1.29 is 14.2 Å². The van der Waals surface area contributed by atoms with E-state index in [0.29, 0.717) is 12.1 Å². The molecule has 1 aromatic heterocycles. The number of aliphatic hydroxyl groups excluding tert-OH is 1. The fourth-order valence-corrected chi connectivity index (χ4v) is 3.09. The van der Waals surface area contributed by atoms with Gasteiger partial charge in [-0.15, -0.1) is 0 Å². The number of hydrogen-bond acceptors (Lipinski definition) is 4. The van der Waals surface area contributed by atoms with Crippen molar-refractivity contribution >= 4 is 0 Å². The molecule has 1 aliphatic rings. The minimum atomic E-state index is -0.597. The first-order valence-electron chi connectivity index (χ1n) is 8.28. The minimum Gasteiger partial charge on any atom is -0.389 e. The normalized spacial score (nSPS) is 16.2. The molecule has 0 saturated heterocycles. The zero-order valence-corrected chi connectivity index (χ0v) is 14.2. The second kappa shape index (κ2) is 7.42. The topological polar surface area (TPSA) is 50.5 Å². The Balaban J connectivity index is 1.46. The number of ether oxygens (including phenoxy) is 1. The third kappa shape index (κ3) is 3.83. The summed E-state index contributed by atoms with van der Waals surface area (Å²) < 4.78 is 21.2. The molecule has 1 aliphatic heterocycles. The maximum absolute atomic E-state index is 13.5. The third-order valence-corrected chi connectivity index (χ3v) is 4.54. The molecule has 0 spiro atoms. The Morgan fingerprint density at radius 1 is 1.29 bits per heavy atom. The van der Waals surface area contributed by atoms with Gasteiger partial charge in [0.1, 0.15) is 11.6 Å². The Hall–Kier alpha value is -1.76. The Bertz CT molecular complexity index is 702. The van der Waals surface area contributed by atoms with Crippen LogP contribution in [0.25, 0.3) is 0 Å². The summed E-state index contributed by atoms with van der Waals surface area (Å²) in [5.41, 5.74) is 2.80. The highest BCUT2D eigenvalue weighted by atomic mass is 19.1. The largest absolute Gasteiger partial charge is 0.389 e. The highest BCUT2D eigenvalue weighted by molar-refractivity contribution is 5.16. The molecule has 0 unspecified atom stereocenters. The van der Waals surface area contributed by atoms with Crippen molar-refractivity contribution in [1.29, 1.82) is 0 Å². The van der Waals surface area contributed by atoms with Gasteiger partial charge in [-0.3, -0.25) is 4.90 Å². The first kappa shape index (κ1) is 17.1. The highest BCUT2D eigenvalue weighted by Crippen LogP contribution is 2.17. The van der Waals surface area contributed by atoms with Gasteiger partial charge in [0.15, 0.2) is 0 Å². The molecular weight excluding hydrogens is 309 g/mol. The predicted molar refractivity (Wildman–Crippen MR) is 89.0 cm³/mol. The van der Waals surface area contributed by atoms with Crippen LogP contribution in [0.1, 0.15) is 22.8 Å². The van der Waals surface area contributed by atoms with Crippen molar-refractivity contribution in [2.45, 2.75) is 39.6 Å². The van der Waals surface area contributed by atoms with Crippen LogP contribution < -0.4 is 0 Å². The van der Waals surface area contributed by atoms with Gasteiger partial charge in [-0.2, -0.15) is 0 Å². The van der Waals surface area contributed by atoms with Gasteiger partial charge in [0, 0.05) is 30.9 Å². The quantitative estimate of drug-likeness (QED) is 0.879. The van der Waals surface area contributed by atoms with E-state index in [9.17, 15) is 9.50 Å². The average molecular weight is 333 g/mol. The molecule has 24 heavy (non-hydrogen) atoms. The fourth-order valence-electron chi connectivity index (χ4n) is 3.09. The molecule has 2 heterocycles. The van der Waals surface area contributed by atoms with E-state index < -0.39 is 6.10 Å². The number of benzene rings is 1. The number of fused-ring (bicyclic) bond motifs is 1. The number of aliphatic hydroxyl groups is 1. The molecule has 0 bridgehead atoms. The van der Waals surface area contributed by atoms with Crippen molar-refractivity contribution in [2.75, 3.05) is 19.7 Å². The van der Waals surface area contributed by atoms with Crippen LogP contribution in [0.15, 0.2) is 24.3 Å². The second-order valence-corrected chi connectivity index (χ2v) is 6.35. The lowest BCUT2D eigenvalue weighted by Gasteiger charge is -2.29. The standard InChI is InChI=1S/C18H24FN3O2/c1-13-14(2)22-8-7-21(10-18(22)20-13)9-16(23)12-24-11-15-5-3-4-6-17(15)19/h3-6,16,23H,7-12H2,1-2H3/t16-/m0/s1. The second-order valence-electron chi connectivity index (χ2n) is 6.35. The van der Waals surface area contributed by atoms with Gasteiger partial charge in [-0.05, 0) is 19.9 Å². The molecule has 5 nitrogen and oxygen atoms in total. The lowest BCUT2D eigenvalue weighted by Crippen LogP contribution is -2.40. The maximum Gasteiger partial charge on any atom is 0.128 e. The predicted octanol–water partition coefficient (Wildman–Crippen LogP) is 2.03. The first-order chi connectivity index (χ1) is 11.5. The lowest BCUT2D eigenvalue weighted by atomic mass is 10.2. The number of rotatable bonds is 6. The number of nitrogens with zero attached hydrogens (tertiary/aromatic N) is 3. The van der Waals surface area contributed by atoms with Crippen LogP contribution in [0.3, 0.4) is 0 Å². The molecule has 1 N–H and O–H groups in total. The van der Waals surface area contributed by atoms with E-state index in [1.807, 2.05) is 6.92 Å². The van der Waals surface area contributed by atoms with Gasteiger partial charge in [0.05, 0.1) is 31.6 Å². The highest BCUT2D eigenvalue weighted by Gasteiger charge is 2.22. The van der Waals surface area contributed by atoms with E-state index in [-0.39, 0.29) is 19.0 Å². The molecule has 2 aromatic rings. The maximum atomic E-state index is 13.5. The van der Waals surface area contributed by atoms with Crippen molar-refractivity contribution in [3.05, 3.63) is 52.9 Å². The molecule has 0 fully saturated rings. The first-order valence-corrected chi connectivity index (χ1v) is 8.28.